The molecule has 1 unspecified atom stereocenters. The summed E-state index contributed by atoms with van der Waals surface area (Å²) in [6.45, 7) is 2.04. The van der Waals surface area contributed by atoms with Crippen LogP contribution in [-0.2, 0) is 14.4 Å². The van der Waals surface area contributed by atoms with Gasteiger partial charge < -0.3 is 26.2 Å². The summed E-state index contributed by atoms with van der Waals surface area (Å²) < 4.78 is 0. The summed E-state index contributed by atoms with van der Waals surface area (Å²) in [4.78, 5) is 46.0. The van der Waals surface area contributed by atoms with Crippen molar-refractivity contribution in [1.82, 2.24) is 10.2 Å². The molecule has 0 bridgehead atoms. The van der Waals surface area contributed by atoms with E-state index >= 15 is 0 Å². The number of nitrogens with two attached hydrogens (primary N) is 1. The Hall–Kier alpha value is -2.32. The Kier molecular flexibility index (Phi) is 5.12. The average Bonchev–Trinajstić information content (AvgIpc) is 2.78. The zero-order valence-electron chi connectivity index (χ0n) is 11.7. The number of carboxylic acid groups (broad SMARTS) is 2. The summed E-state index contributed by atoms with van der Waals surface area (Å²) in [5, 5.41) is 19.8. The van der Waals surface area contributed by atoms with Gasteiger partial charge in [0.2, 0.25) is 5.91 Å². The molecule has 3 amide bonds. The summed E-state index contributed by atoms with van der Waals surface area (Å²) in [6, 6.07) is -1.92. The van der Waals surface area contributed by atoms with Crippen LogP contribution in [-0.4, -0.2) is 58.1 Å². The molecule has 9 heteroatoms. The second-order valence-electron chi connectivity index (χ2n) is 5.37. The van der Waals surface area contributed by atoms with Crippen LogP contribution in [0.5, 0.6) is 0 Å². The number of aliphatic carboxylic acids is 2. The third-order valence-electron chi connectivity index (χ3n) is 3.60. The fourth-order valence-electron chi connectivity index (χ4n) is 2.10. The van der Waals surface area contributed by atoms with Gasteiger partial charge in [0.05, 0.1) is 5.41 Å². The summed E-state index contributed by atoms with van der Waals surface area (Å²) in [6.07, 6.45) is -0.170. The summed E-state index contributed by atoms with van der Waals surface area (Å²) in [7, 11) is 0. The van der Waals surface area contributed by atoms with E-state index < -0.39 is 35.3 Å². The molecule has 2 atom stereocenters. The number of amides is 3. The van der Waals surface area contributed by atoms with Crippen LogP contribution >= 0.6 is 0 Å². The molecule has 0 aromatic carbocycles. The number of hydrogen-bond acceptors (Lipinski definition) is 4. The van der Waals surface area contributed by atoms with E-state index in [1.165, 1.54) is 4.90 Å². The molecule has 1 saturated heterocycles. The number of nitrogens with one attached hydrogen (secondary N) is 1. The van der Waals surface area contributed by atoms with Crippen LogP contribution in [0.4, 0.5) is 4.79 Å². The molecule has 9 nitrogen and oxygen atoms in total. The van der Waals surface area contributed by atoms with Crippen LogP contribution in [0.3, 0.4) is 0 Å². The maximum Gasteiger partial charge on any atom is 0.326 e. The Balaban J connectivity index is 2.61. The maximum atomic E-state index is 12.0. The topological polar surface area (TPSA) is 150 Å². The minimum Gasteiger partial charge on any atom is -0.481 e. The third-order valence-corrected chi connectivity index (χ3v) is 3.60. The Morgan fingerprint density at radius 1 is 1.33 bits per heavy atom. The lowest BCUT2D eigenvalue weighted by Crippen LogP contribution is -2.48. The van der Waals surface area contributed by atoms with E-state index in [-0.39, 0.29) is 25.9 Å². The van der Waals surface area contributed by atoms with Gasteiger partial charge in [0.15, 0.2) is 0 Å². The molecule has 21 heavy (non-hydrogen) atoms. The molecule has 0 aromatic heterocycles. The first-order valence-corrected chi connectivity index (χ1v) is 6.45. The molecule has 1 heterocycles. The largest absolute Gasteiger partial charge is 0.481 e. The molecule has 0 saturated carbocycles. The number of carbonyl (C=O) groups excluding carboxylic acids is 2. The van der Waals surface area contributed by atoms with Crippen LogP contribution < -0.4 is 11.1 Å². The fourth-order valence-corrected chi connectivity index (χ4v) is 2.10. The molecule has 1 rings (SSSR count). The van der Waals surface area contributed by atoms with Crippen LogP contribution in [0.25, 0.3) is 0 Å². The number of urea groups is 1. The van der Waals surface area contributed by atoms with Crippen molar-refractivity contribution in [3.63, 3.8) is 0 Å². The molecule has 118 valence electrons. The normalized spacial score (nSPS) is 22.6. The Labute approximate surface area is 121 Å². The Bertz CT molecular complexity index is 466. The van der Waals surface area contributed by atoms with E-state index in [1.54, 1.807) is 6.92 Å². The van der Waals surface area contributed by atoms with Crippen LogP contribution in [0.1, 0.15) is 26.2 Å². The van der Waals surface area contributed by atoms with Gasteiger partial charge in [-0.2, -0.15) is 0 Å². The predicted molar refractivity (Wildman–Crippen MR) is 70.3 cm³/mol. The zero-order chi connectivity index (χ0) is 16.2. The van der Waals surface area contributed by atoms with Crippen molar-refractivity contribution in [2.45, 2.75) is 32.2 Å². The SMILES string of the molecule is CC1(C(N)=O)CCN(C(=O)N[C@@H](CCC(=O)O)C(=O)O)C1. The van der Waals surface area contributed by atoms with E-state index in [2.05, 4.69) is 5.32 Å². The quantitative estimate of drug-likeness (QED) is 0.505. The minimum atomic E-state index is -1.30. The Morgan fingerprint density at radius 2 is 1.95 bits per heavy atom. The lowest BCUT2D eigenvalue weighted by atomic mass is 9.89. The van der Waals surface area contributed by atoms with Crippen LogP contribution in [0.2, 0.25) is 0 Å². The van der Waals surface area contributed by atoms with Crippen molar-refractivity contribution in [2.24, 2.45) is 11.1 Å². The number of carboxylic acids is 2. The molecular weight excluding hydrogens is 282 g/mol. The first-order valence-electron chi connectivity index (χ1n) is 6.45. The summed E-state index contributed by atoms with van der Waals surface area (Å²) in [5.41, 5.74) is 4.45. The van der Waals surface area contributed by atoms with E-state index in [0.29, 0.717) is 6.42 Å². The van der Waals surface area contributed by atoms with E-state index in [1.807, 2.05) is 0 Å². The molecule has 0 spiro atoms. The molecule has 1 fully saturated rings. The number of rotatable bonds is 6. The summed E-state index contributed by atoms with van der Waals surface area (Å²) >= 11 is 0. The summed E-state index contributed by atoms with van der Waals surface area (Å²) in [5.74, 6) is -2.96. The van der Waals surface area contributed by atoms with E-state index in [4.69, 9.17) is 15.9 Å². The highest BCUT2D eigenvalue weighted by molar-refractivity contribution is 5.85. The highest BCUT2D eigenvalue weighted by Gasteiger charge is 2.41. The maximum absolute atomic E-state index is 12.0. The fraction of sp³-hybridized carbons (Fsp3) is 0.667. The number of likely N-dealkylation sites (tertiary alicyclic amines) is 1. The predicted octanol–water partition coefficient (Wildman–Crippen LogP) is -0.789. The van der Waals surface area contributed by atoms with Crippen molar-refractivity contribution in [1.29, 1.82) is 0 Å². The molecular formula is C12H19N3O6. The van der Waals surface area contributed by atoms with E-state index in [9.17, 15) is 19.2 Å². The standard InChI is InChI=1S/C12H19N3O6/c1-12(10(13)20)4-5-15(6-12)11(21)14-7(9(18)19)2-3-8(16)17/h7H,2-6H2,1H3,(H2,13,20)(H,14,21)(H,16,17)(H,18,19)/t7-,12?/m0/s1. The first-order chi connectivity index (χ1) is 9.65. The van der Waals surface area contributed by atoms with Crippen molar-refractivity contribution >= 4 is 23.9 Å². The molecule has 0 aromatic rings. The minimum absolute atomic E-state index is 0.111. The number of primary amides is 1. The smallest absolute Gasteiger partial charge is 0.326 e. The van der Waals surface area contributed by atoms with Gasteiger partial charge in [0.25, 0.3) is 0 Å². The molecule has 1 aliphatic heterocycles. The molecule has 1 aliphatic rings. The third kappa shape index (κ3) is 4.33. The van der Waals surface area contributed by atoms with E-state index in [0.717, 1.165) is 0 Å². The molecule has 5 N–H and O–H groups in total. The zero-order valence-corrected chi connectivity index (χ0v) is 11.7. The van der Waals surface area contributed by atoms with Crippen LogP contribution in [0.15, 0.2) is 0 Å². The van der Waals surface area contributed by atoms with Gasteiger partial charge in [0.1, 0.15) is 6.04 Å². The highest BCUT2D eigenvalue weighted by atomic mass is 16.4. The average molecular weight is 301 g/mol. The second kappa shape index (κ2) is 6.42. The monoisotopic (exact) mass is 301 g/mol. The van der Waals surface area contributed by atoms with Gasteiger partial charge in [-0.1, -0.05) is 0 Å². The highest BCUT2D eigenvalue weighted by Crippen LogP contribution is 2.29. The number of nitrogens with zero attached hydrogens (tertiary/aromatic N) is 1. The first kappa shape index (κ1) is 16.7. The van der Waals surface area contributed by atoms with Gasteiger partial charge >= 0.3 is 18.0 Å². The van der Waals surface area contributed by atoms with Gasteiger partial charge in [-0.25, -0.2) is 9.59 Å². The second-order valence-corrected chi connectivity index (χ2v) is 5.37. The Morgan fingerprint density at radius 3 is 2.38 bits per heavy atom. The lowest BCUT2D eigenvalue weighted by Gasteiger charge is -2.23. The molecule has 0 radical (unpaired) electrons. The number of hydrogen-bond donors (Lipinski definition) is 4. The lowest BCUT2D eigenvalue weighted by molar-refractivity contribution is -0.140. The van der Waals surface area contributed by atoms with Gasteiger partial charge in [-0.3, -0.25) is 9.59 Å². The van der Waals surface area contributed by atoms with Crippen molar-refractivity contribution in [2.75, 3.05) is 13.1 Å². The van der Waals surface area contributed by atoms with Crippen molar-refractivity contribution in [3.8, 4) is 0 Å². The molecule has 0 aliphatic carbocycles. The van der Waals surface area contributed by atoms with Crippen LogP contribution in [0, 0.1) is 5.41 Å². The van der Waals surface area contributed by atoms with Gasteiger partial charge in [-0.05, 0) is 19.8 Å². The van der Waals surface area contributed by atoms with Crippen molar-refractivity contribution in [3.05, 3.63) is 0 Å². The van der Waals surface area contributed by atoms with Gasteiger partial charge in [0, 0.05) is 19.5 Å². The van der Waals surface area contributed by atoms with Crippen molar-refractivity contribution < 1.29 is 29.4 Å². The number of carbonyl (C=O) groups is 4. The van der Waals surface area contributed by atoms with Gasteiger partial charge in [-0.15, -0.1) is 0 Å².